The van der Waals surface area contributed by atoms with Gasteiger partial charge in [0, 0.05) is 4.88 Å². The van der Waals surface area contributed by atoms with Crippen LogP contribution in [-0.2, 0) is 24.1 Å². The minimum absolute atomic E-state index is 0.729. The number of fused-ring (bicyclic) bond motifs is 3. The van der Waals surface area contributed by atoms with Gasteiger partial charge >= 0.3 is 0 Å². The second-order valence-corrected chi connectivity index (χ2v) is 8.52. The molecule has 140 valence electrons. The van der Waals surface area contributed by atoms with Crippen LogP contribution >= 0.6 is 11.3 Å². The van der Waals surface area contributed by atoms with Crippen LogP contribution in [0.5, 0.6) is 11.6 Å². The molecule has 5 rings (SSSR count). The normalized spacial score (nSPS) is 17.4. The van der Waals surface area contributed by atoms with Gasteiger partial charge < -0.3 is 14.4 Å². The molecule has 2 aromatic heterocycles. The SMILES string of the molecule is Cc1cccc(Oc2nc(C[NH+]3CCOCC3)nc3sc4c(c23)CCC4)c1. The van der Waals surface area contributed by atoms with Crippen molar-refractivity contribution in [1.82, 2.24) is 9.97 Å². The second kappa shape index (κ2) is 7.19. The highest BCUT2D eigenvalue weighted by atomic mass is 32.1. The molecule has 2 aliphatic rings. The monoisotopic (exact) mass is 382 g/mol. The van der Waals surface area contributed by atoms with Gasteiger partial charge in [-0.15, -0.1) is 11.3 Å². The Bertz CT molecular complexity index is 979. The van der Waals surface area contributed by atoms with Crippen molar-refractivity contribution in [3.8, 4) is 11.6 Å². The molecule has 1 aromatic carbocycles. The Labute approximate surface area is 163 Å². The van der Waals surface area contributed by atoms with E-state index in [1.54, 1.807) is 0 Å². The molecule has 6 heteroatoms. The van der Waals surface area contributed by atoms with Gasteiger partial charge in [-0.2, -0.15) is 4.98 Å². The molecule has 1 N–H and O–H groups in total. The van der Waals surface area contributed by atoms with Crippen LogP contribution in [0, 0.1) is 6.92 Å². The van der Waals surface area contributed by atoms with Crippen LogP contribution in [-0.4, -0.2) is 36.3 Å². The zero-order chi connectivity index (χ0) is 18.2. The Morgan fingerprint density at radius 3 is 2.93 bits per heavy atom. The number of nitrogens with one attached hydrogen (secondary N) is 1. The number of morpholine rings is 1. The van der Waals surface area contributed by atoms with Gasteiger partial charge in [-0.1, -0.05) is 12.1 Å². The molecule has 1 aliphatic carbocycles. The Morgan fingerprint density at radius 1 is 1.19 bits per heavy atom. The van der Waals surface area contributed by atoms with E-state index in [2.05, 4.69) is 19.1 Å². The summed E-state index contributed by atoms with van der Waals surface area (Å²) in [5.41, 5.74) is 2.59. The fourth-order valence-corrected chi connectivity index (χ4v) is 5.28. The van der Waals surface area contributed by atoms with Crippen molar-refractivity contribution in [2.45, 2.75) is 32.7 Å². The van der Waals surface area contributed by atoms with Gasteiger partial charge in [-0.3, -0.25) is 0 Å². The Morgan fingerprint density at radius 2 is 2.07 bits per heavy atom. The van der Waals surface area contributed by atoms with Crippen LogP contribution in [0.2, 0.25) is 0 Å². The van der Waals surface area contributed by atoms with Crippen molar-refractivity contribution in [3.63, 3.8) is 0 Å². The van der Waals surface area contributed by atoms with E-state index < -0.39 is 0 Å². The van der Waals surface area contributed by atoms with Gasteiger partial charge in [0.1, 0.15) is 30.2 Å². The number of ether oxygens (including phenoxy) is 2. The van der Waals surface area contributed by atoms with Gasteiger partial charge in [0.2, 0.25) is 5.88 Å². The van der Waals surface area contributed by atoms with E-state index in [1.165, 1.54) is 27.3 Å². The fraction of sp³-hybridized carbons (Fsp3) is 0.429. The summed E-state index contributed by atoms with van der Waals surface area (Å²) in [5.74, 6) is 2.45. The molecule has 0 radical (unpaired) electrons. The molecule has 0 atom stereocenters. The lowest BCUT2D eigenvalue weighted by molar-refractivity contribution is -0.922. The van der Waals surface area contributed by atoms with Crippen molar-refractivity contribution in [2.75, 3.05) is 26.3 Å². The summed E-state index contributed by atoms with van der Waals surface area (Å²) in [6, 6.07) is 8.17. The van der Waals surface area contributed by atoms with E-state index in [0.29, 0.717) is 0 Å². The minimum Gasteiger partial charge on any atom is -0.438 e. The minimum atomic E-state index is 0.729. The van der Waals surface area contributed by atoms with Crippen molar-refractivity contribution >= 4 is 21.6 Å². The third kappa shape index (κ3) is 3.45. The molecule has 3 heterocycles. The Hall–Kier alpha value is -2.02. The highest BCUT2D eigenvalue weighted by Gasteiger charge is 2.25. The Kier molecular flexibility index (Phi) is 4.55. The number of quaternary nitrogens is 1. The average molecular weight is 383 g/mol. The van der Waals surface area contributed by atoms with Gasteiger partial charge in [-0.05, 0) is 49.4 Å². The molecule has 5 nitrogen and oxygen atoms in total. The summed E-state index contributed by atoms with van der Waals surface area (Å²) in [6.45, 7) is 6.56. The summed E-state index contributed by atoms with van der Waals surface area (Å²) in [7, 11) is 0. The van der Waals surface area contributed by atoms with Gasteiger partial charge in [-0.25, -0.2) is 4.98 Å². The maximum absolute atomic E-state index is 6.31. The molecular formula is C21H24N3O2S+. The van der Waals surface area contributed by atoms with Gasteiger partial charge in [0.05, 0.1) is 18.6 Å². The number of aromatic nitrogens is 2. The molecule has 0 saturated carbocycles. The molecule has 1 aliphatic heterocycles. The number of thiophene rings is 1. The number of benzene rings is 1. The molecule has 27 heavy (non-hydrogen) atoms. The van der Waals surface area contributed by atoms with Crippen LogP contribution in [0.1, 0.15) is 28.2 Å². The lowest BCUT2D eigenvalue weighted by atomic mass is 10.2. The smallest absolute Gasteiger partial charge is 0.231 e. The maximum atomic E-state index is 6.31. The molecule has 1 fully saturated rings. The van der Waals surface area contributed by atoms with Crippen LogP contribution in [0.25, 0.3) is 10.2 Å². The molecule has 0 spiro atoms. The fourth-order valence-electron chi connectivity index (χ4n) is 4.01. The predicted molar refractivity (Wildman–Crippen MR) is 106 cm³/mol. The number of hydrogen-bond donors (Lipinski definition) is 1. The molecule has 1 saturated heterocycles. The predicted octanol–water partition coefficient (Wildman–Crippen LogP) is 2.70. The third-order valence-corrected chi connectivity index (χ3v) is 6.58. The van der Waals surface area contributed by atoms with Crippen molar-refractivity contribution in [3.05, 3.63) is 46.1 Å². The van der Waals surface area contributed by atoms with Crippen LogP contribution in [0.4, 0.5) is 0 Å². The van der Waals surface area contributed by atoms with Crippen molar-refractivity contribution in [2.24, 2.45) is 0 Å². The van der Waals surface area contributed by atoms with Gasteiger partial charge in [0.15, 0.2) is 5.82 Å². The largest absolute Gasteiger partial charge is 0.438 e. The van der Waals surface area contributed by atoms with E-state index >= 15 is 0 Å². The summed E-state index contributed by atoms with van der Waals surface area (Å²) in [4.78, 5) is 13.8. The summed E-state index contributed by atoms with van der Waals surface area (Å²) in [5, 5.41) is 1.13. The van der Waals surface area contributed by atoms with Crippen molar-refractivity contribution < 1.29 is 14.4 Å². The quantitative estimate of drug-likeness (QED) is 0.754. The summed E-state index contributed by atoms with van der Waals surface area (Å²) >= 11 is 1.83. The number of hydrogen-bond acceptors (Lipinski definition) is 5. The molecule has 3 aromatic rings. The average Bonchev–Trinajstić information content (AvgIpc) is 3.23. The number of aryl methyl sites for hydroxylation is 3. The lowest BCUT2D eigenvalue weighted by Crippen LogP contribution is -3.12. The van der Waals surface area contributed by atoms with E-state index in [4.69, 9.17) is 19.4 Å². The van der Waals surface area contributed by atoms with E-state index in [1.807, 2.05) is 23.5 Å². The van der Waals surface area contributed by atoms with Crippen molar-refractivity contribution in [1.29, 1.82) is 0 Å². The van der Waals surface area contributed by atoms with Crippen LogP contribution < -0.4 is 9.64 Å². The maximum Gasteiger partial charge on any atom is 0.231 e. The molecular weight excluding hydrogens is 358 g/mol. The van der Waals surface area contributed by atoms with E-state index in [0.717, 1.165) is 73.4 Å². The molecule has 0 amide bonds. The van der Waals surface area contributed by atoms with Crippen LogP contribution in [0.15, 0.2) is 24.3 Å². The zero-order valence-corrected chi connectivity index (χ0v) is 16.4. The Balaban J connectivity index is 1.55. The zero-order valence-electron chi connectivity index (χ0n) is 15.6. The standard InChI is InChI=1S/C21H23N3O2S/c1-14-4-2-5-15(12-14)26-20-19-16-6-3-7-17(16)27-21(19)23-18(22-20)13-24-8-10-25-11-9-24/h2,4-5,12H,3,6-11,13H2,1H3/p+1. The van der Waals surface area contributed by atoms with Crippen LogP contribution in [0.3, 0.4) is 0 Å². The first-order valence-corrected chi connectivity index (χ1v) is 10.5. The number of nitrogens with zero attached hydrogens (tertiary/aromatic N) is 2. The summed E-state index contributed by atoms with van der Waals surface area (Å²) in [6.07, 6.45) is 3.49. The molecule has 0 bridgehead atoms. The van der Waals surface area contributed by atoms with E-state index in [9.17, 15) is 0 Å². The topological polar surface area (TPSA) is 48.7 Å². The second-order valence-electron chi connectivity index (χ2n) is 7.44. The lowest BCUT2D eigenvalue weighted by Gasteiger charge is -2.23. The van der Waals surface area contributed by atoms with E-state index in [-0.39, 0.29) is 0 Å². The van der Waals surface area contributed by atoms with Gasteiger partial charge in [0.25, 0.3) is 0 Å². The third-order valence-electron chi connectivity index (χ3n) is 5.39. The molecule has 0 unspecified atom stereocenters. The highest BCUT2D eigenvalue weighted by molar-refractivity contribution is 7.19. The highest BCUT2D eigenvalue weighted by Crippen LogP contribution is 2.41. The summed E-state index contributed by atoms with van der Waals surface area (Å²) < 4.78 is 11.8. The first kappa shape index (κ1) is 17.1. The first-order valence-electron chi connectivity index (χ1n) is 9.73. The number of rotatable bonds is 4. The first-order chi connectivity index (χ1) is 13.3.